The van der Waals surface area contributed by atoms with Crippen LogP contribution >= 0.6 is 11.8 Å². The number of amides is 1. The van der Waals surface area contributed by atoms with Crippen molar-refractivity contribution in [3.8, 4) is 0 Å². The van der Waals surface area contributed by atoms with Gasteiger partial charge >= 0.3 is 0 Å². The highest BCUT2D eigenvalue weighted by atomic mass is 32.2. The Balaban J connectivity index is 1.64. The highest BCUT2D eigenvalue weighted by molar-refractivity contribution is 8.00. The zero-order valence-corrected chi connectivity index (χ0v) is 12.6. The molecule has 1 amide bonds. The zero-order chi connectivity index (χ0) is 14.7. The Morgan fingerprint density at radius 2 is 1.95 bits per heavy atom. The third-order valence-electron chi connectivity index (χ3n) is 3.29. The smallest absolute Gasteiger partial charge is 0.234 e. The molecule has 1 N–H and O–H groups in total. The Hall–Kier alpha value is -2.20. The van der Waals surface area contributed by atoms with Gasteiger partial charge in [-0.2, -0.15) is 0 Å². The SMILES string of the molecule is Cn1ccc2ccc(NC(=O)CSc3ccccc3)cc21. The van der Waals surface area contributed by atoms with E-state index in [0.29, 0.717) is 5.75 Å². The van der Waals surface area contributed by atoms with Crippen LogP contribution in [0.4, 0.5) is 5.69 Å². The van der Waals surface area contributed by atoms with E-state index in [9.17, 15) is 4.79 Å². The summed E-state index contributed by atoms with van der Waals surface area (Å²) in [4.78, 5) is 13.1. The molecule has 3 nitrogen and oxygen atoms in total. The first kappa shape index (κ1) is 13.8. The lowest BCUT2D eigenvalue weighted by molar-refractivity contribution is -0.113. The van der Waals surface area contributed by atoms with Gasteiger partial charge in [0.05, 0.1) is 5.75 Å². The lowest BCUT2D eigenvalue weighted by Gasteiger charge is -2.06. The Morgan fingerprint density at radius 1 is 1.14 bits per heavy atom. The summed E-state index contributed by atoms with van der Waals surface area (Å²) >= 11 is 1.54. The topological polar surface area (TPSA) is 34.0 Å². The van der Waals surface area contributed by atoms with Crippen molar-refractivity contribution >= 4 is 34.3 Å². The normalized spacial score (nSPS) is 10.7. The lowest BCUT2D eigenvalue weighted by atomic mass is 10.2. The standard InChI is InChI=1S/C17H16N2OS/c1-19-10-9-13-7-8-14(11-16(13)19)18-17(20)12-21-15-5-3-2-4-6-15/h2-11H,12H2,1H3,(H,18,20). The number of aromatic nitrogens is 1. The average Bonchev–Trinajstić information content (AvgIpc) is 2.87. The molecule has 0 bridgehead atoms. The number of fused-ring (bicyclic) bond motifs is 1. The molecule has 0 aliphatic carbocycles. The van der Waals surface area contributed by atoms with E-state index in [1.165, 1.54) is 17.1 Å². The fourth-order valence-corrected chi connectivity index (χ4v) is 2.92. The largest absolute Gasteiger partial charge is 0.350 e. The van der Waals surface area contributed by atoms with Crippen molar-refractivity contribution < 1.29 is 4.79 Å². The third kappa shape index (κ3) is 3.28. The summed E-state index contributed by atoms with van der Waals surface area (Å²) in [6, 6.07) is 18.0. The van der Waals surface area contributed by atoms with E-state index >= 15 is 0 Å². The van der Waals surface area contributed by atoms with Crippen LogP contribution < -0.4 is 5.32 Å². The molecule has 0 aliphatic heterocycles. The molecular weight excluding hydrogens is 280 g/mol. The van der Waals surface area contributed by atoms with Crippen molar-refractivity contribution in [2.24, 2.45) is 7.05 Å². The Kier molecular flexibility index (Phi) is 3.97. The van der Waals surface area contributed by atoms with Gasteiger partial charge < -0.3 is 9.88 Å². The van der Waals surface area contributed by atoms with E-state index in [0.717, 1.165) is 16.1 Å². The van der Waals surface area contributed by atoms with Gasteiger partial charge in [0.1, 0.15) is 0 Å². The fraction of sp³-hybridized carbons (Fsp3) is 0.118. The van der Waals surface area contributed by atoms with Gasteiger partial charge in [0.15, 0.2) is 0 Å². The molecule has 0 saturated carbocycles. The van der Waals surface area contributed by atoms with Crippen LogP contribution in [-0.2, 0) is 11.8 Å². The van der Waals surface area contributed by atoms with Gasteiger partial charge in [-0.25, -0.2) is 0 Å². The first-order valence-electron chi connectivity index (χ1n) is 6.75. The molecule has 2 aromatic carbocycles. The fourth-order valence-electron chi connectivity index (χ4n) is 2.20. The van der Waals surface area contributed by atoms with E-state index in [2.05, 4.69) is 11.4 Å². The van der Waals surface area contributed by atoms with Crippen LogP contribution in [0, 0.1) is 0 Å². The van der Waals surface area contributed by atoms with Gasteiger partial charge in [0.2, 0.25) is 5.91 Å². The number of nitrogens with zero attached hydrogens (tertiary/aromatic N) is 1. The maximum absolute atomic E-state index is 12.0. The second-order valence-corrected chi connectivity index (χ2v) is 5.90. The predicted molar refractivity (Wildman–Crippen MR) is 88.7 cm³/mol. The average molecular weight is 296 g/mol. The molecular formula is C17H16N2OS. The Morgan fingerprint density at radius 3 is 2.76 bits per heavy atom. The van der Waals surface area contributed by atoms with Crippen LogP contribution in [0.1, 0.15) is 0 Å². The van der Waals surface area contributed by atoms with Crippen LogP contribution in [0.25, 0.3) is 10.9 Å². The summed E-state index contributed by atoms with van der Waals surface area (Å²) in [5, 5.41) is 4.12. The van der Waals surface area contributed by atoms with Crippen LogP contribution in [-0.4, -0.2) is 16.2 Å². The summed E-state index contributed by atoms with van der Waals surface area (Å²) in [6.07, 6.45) is 2.02. The summed E-state index contributed by atoms with van der Waals surface area (Å²) < 4.78 is 2.05. The zero-order valence-electron chi connectivity index (χ0n) is 11.7. The molecule has 0 spiro atoms. The molecule has 0 atom stereocenters. The van der Waals surface area contributed by atoms with Crippen LogP contribution in [0.15, 0.2) is 65.7 Å². The van der Waals surface area contributed by atoms with Crippen LogP contribution in [0.2, 0.25) is 0 Å². The van der Waals surface area contributed by atoms with Gasteiger partial charge in [-0.15, -0.1) is 11.8 Å². The number of hydrogen-bond acceptors (Lipinski definition) is 2. The number of anilines is 1. The number of hydrogen-bond donors (Lipinski definition) is 1. The van der Waals surface area contributed by atoms with Crippen LogP contribution in [0.3, 0.4) is 0 Å². The molecule has 3 rings (SSSR count). The van der Waals surface area contributed by atoms with Crippen LogP contribution in [0.5, 0.6) is 0 Å². The molecule has 3 aromatic rings. The summed E-state index contributed by atoms with van der Waals surface area (Å²) in [7, 11) is 2.00. The first-order chi connectivity index (χ1) is 10.2. The monoisotopic (exact) mass is 296 g/mol. The van der Waals surface area contributed by atoms with E-state index in [1.54, 1.807) is 0 Å². The highest BCUT2D eigenvalue weighted by Gasteiger charge is 2.05. The summed E-state index contributed by atoms with van der Waals surface area (Å²) in [5.74, 6) is 0.423. The van der Waals surface area contributed by atoms with Gasteiger partial charge in [0, 0.05) is 29.3 Å². The predicted octanol–water partition coefficient (Wildman–Crippen LogP) is 3.91. The number of carbonyl (C=O) groups excluding carboxylic acids is 1. The van der Waals surface area contributed by atoms with Crippen molar-refractivity contribution in [2.75, 3.05) is 11.1 Å². The molecule has 0 radical (unpaired) electrons. The number of benzene rings is 2. The quantitative estimate of drug-likeness (QED) is 0.741. The number of nitrogens with one attached hydrogen (secondary N) is 1. The molecule has 106 valence electrons. The van der Waals surface area contributed by atoms with Crippen molar-refractivity contribution in [3.05, 3.63) is 60.8 Å². The van der Waals surface area contributed by atoms with E-state index < -0.39 is 0 Å². The molecule has 4 heteroatoms. The molecule has 21 heavy (non-hydrogen) atoms. The van der Waals surface area contributed by atoms with Crippen molar-refractivity contribution in [1.82, 2.24) is 4.57 Å². The van der Waals surface area contributed by atoms with E-state index in [1.807, 2.05) is 66.3 Å². The summed E-state index contributed by atoms with van der Waals surface area (Å²) in [5.41, 5.74) is 1.95. The molecule has 0 fully saturated rings. The molecule has 0 saturated heterocycles. The van der Waals surface area contributed by atoms with Gasteiger partial charge in [0.25, 0.3) is 0 Å². The van der Waals surface area contributed by atoms with Crippen molar-refractivity contribution in [3.63, 3.8) is 0 Å². The maximum Gasteiger partial charge on any atom is 0.234 e. The minimum Gasteiger partial charge on any atom is -0.350 e. The minimum atomic E-state index is 0.0115. The molecule has 1 aromatic heterocycles. The van der Waals surface area contributed by atoms with Gasteiger partial charge in [-0.3, -0.25) is 4.79 Å². The molecule has 1 heterocycles. The first-order valence-corrected chi connectivity index (χ1v) is 7.74. The van der Waals surface area contributed by atoms with Gasteiger partial charge in [-0.1, -0.05) is 24.3 Å². The van der Waals surface area contributed by atoms with E-state index in [-0.39, 0.29) is 5.91 Å². The van der Waals surface area contributed by atoms with Gasteiger partial charge in [-0.05, 0) is 35.7 Å². The molecule has 0 aliphatic rings. The van der Waals surface area contributed by atoms with Crippen molar-refractivity contribution in [1.29, 1.82) is 0 Å². The number of carbonyl (C=O) groups is 1. The molecule has 0 unspecified atom stereocenters. The Bertz CT molecular complexity index is 765. The number of aryl methyl sites for hydroxylation is 1. The van der Waals surface area contributed by atoms with Crippen molar-refractivity contribution in [2.45, 2.75) is 4.90 Å². The minimum absolute atomic E-state index is 0.0115. The number of thioether (sulfide) groups is 1. The Labute approximate surface area is 128 Å². The van der Waals surface area contributed by atoms with E-state index in [4.69, 9.17) is 0 Å². The second kappa shape index (κ2) is 6.06. The second-order valence-electron chi connectivity index (χ2n) is 4.85. The maximum atomic E-state index is 12.0. The highest BCUT2D eigenvalue weighted by Crippen LogP contribution is 2.21. The summed E-state index contributed by atoms with van der Waals surface area (Å²) in [6.45, 7) is 0. The number of rotatable bonds is 4. The lowest BCUT2D eigenvalue weighted by Crippen LogP contribution is -2.13. The third-order valence-corrected chi connectivity index (χ3v) is 4.30.